The topological polar surface area (TPSA) is 50.8 Å². The van der Waals surface area contributed by atoms with Crippen molar-refractivity contribution < 1.29 is 14.0 Å². The lowest BCUT2D eigenvalue weighted by atomic mass is 10.1. The number of hydrogen-bond donors (Lipinski definition) is 1. The first-order valence-electron chi connectivity index (χ1n) is 10.0. The van der Waals surface area contributed by atoms with Gasteiger partial charge in [-0.1, -0.05) is 51.1 Å². The van der Waals surface area contributed by atoms with Gasteiger partial charge in [0.2, 0.25) is 0 Å². The van der Waals surface area contributed by atoms with Crippen molar-refractivity contribution in [1.29, 1.82) is 0 Å². The van der Waals surface area contributed by atoms with Gasteiger partial charge in [-0.2, -0.15) is 0 Å². The Morgan fingerprint density at radius 2 is 1.96 bits per heavy atom. The lowest BCUT2D eigenvalue weighted by molar-refractivity contribution is 0.119. The summed E-state index contributed by atoms with van der Waals surface area (Å²) in [5.41, 5.74) is 1.00. The Kier molecular flexibility index (Phi) is 7.88. The van der Waals surface area contributed by atoms with E-state index in [2.05, 4.69) is 44.1 Å². The van der Waals surface area contributed by atoms with Crippen LogP contribution < -0.4 is 5.32 Å². The van der Waals surface area contributed by atoms with Crippen LogP contribution in [0.3, 0.4) is 0 Å². The minimum Gasteiger partial charge on any atom is -0.445 e. The molecule has 1 aromatic carbocycles. The molecule has 27 heavy (non-hydrogen) atoms. The largest absolute Gasteiger partial charge is 0.445 e. The van der Waals surface area contributed by atoms with Gasteiger partial charge < -0.3 is 14.5 Å². The summed E-state index contributed by atoms with van der Waals surface area (Å²) >= 11 is 0. The predicted octanol–water partition coefficient (Wildman–Crippen LogP) is 4.40. The molecule has 6 heteroatoms. The molecule has 1 atom stereocenters. The van der Waals surface area contributed by atoms with Gasteiger partial charge in [0.15, 0.2) is 8.32 Å². The second-order valence-corrected chi connectivity index (χ2v) is 13.8. The van der Waals surface area contributed by atoms with E-state index in [-0.39, 0.29) is 17.2 Å². The monoisotopic (exact) mass is 392 g/mol. The van der Waals surface area contributed by atoms with E-state index in [0.29, 0.717) is 6.61 Å². The standard InChI is InChI=1S/C21H36N2O3Si/c1-21(2,3)27(4,5)26-15-14-23-13-9-12-19(16-23)22-20(24)25-17-18-10-7-6-8-11-18/h6-8,10-11,19H,9,12-17H2,1-5H3,(H,22,24)/t19-/m1/s1. The number of likely N-dealkylation sites (tertiary alicyclic amines) is 1. The van der Waals surface area contributed by atoms with Crippen molar-refractivity contribution >= 4 is 14.4 Å². The van der Waals surface area contributed by atoms with Crippen LogP contribution in [-0.2, 0) is 15.8 Å². The van der Waals surface area contributed by atoms with Gasteiger partial charge in [-0.25, -0.2) is 4.79 Å². The van der Waals surface area contributed by atoms with Crippen LogP contribution >= 0.6 is 0 Å². The fourth-order valence-corrected chi connectivity index (χ4v) is 3.99. The van der Waals surface area contributed by atoms with Gasteiger partial charge in [-0.15, -0.1) is 0 Å². The van der Waals surface area contributed by atoms with Gasteiger partial charge in [-0.3, -0.25) is 4.90 Å². The highest BCUT2D eigenvalue weighted by atomic mass is 28.4. The van der Waals surface area contributed by atoms with E-state index in [1.807, 2.05) is 30.3 Å². The number of rotatable bonds is 7. The number of ether oxygens (including phenoxy) is 1. The Hall–Kier alpha value is -1.37. The summed E-state index contributed by atoms with van der Waals surface area (Å²) in [6.45, 7) is 15.3. The van der Waals surface area contributed by atoms with Crippen molar-refractivity contribution in [2.45, 2.75) is 64.4 Å². The normalized spacial score (nSPS) is 18.9. The third-order valence-electron chi connectivity index (χ3n) is 5.72. The smallest absolute Gasteiger partial charge is 0.407 e. The van der Waals surface area contributed by atoms with Crippen LogP contribution in [-0.4, -0.2) is 51.6 Å². The fourth-order valence-electron chi connectivity index (χ4n) is 2.95. The van der Waals surface area contributed by atoms with E-state index in [1.165, 1.54) is 0 Å². The van der Waals surface area contributed by atoms with Crippen LogP contribution in [0.5, 0.6) is 0 Å². The Labute approximate surface area is 165 Å². The molecule has 0 unspecified atom stereocenters. The first-order chi connectivity index (χ1) is 12.7. The van der Waals surface area contributed by atoms with Crippen molar-refractivity contribution in [2.75, 3.05) is 26.2 Å². The highest BCUT2D eigenvalue weighted by Crippen LogP contribution is 2.36. The molecule has 0 aliphatic carbocycles. The average Bonchev–Trinajstić information content (AvgIpc) is 2.60. The zero-order chi connectivity index (χ0) is 19.9. The van der Waals surface area contributed by atoms with E-state index >= 15 is 0 Å². The van der Waals surface area contributed by atoms with Crippen molar-refractivity contribution in [1.82, 2.24) is 10.2 Å². The summed E-state index contributed by atoms with van der Waals surface area (Å²) in [7, 11) is -1.69. The van der Waals surface area contributed by atoms with Crippen molar-refractivity contribution in [3.8, 4) is 0 Å². The first kappa shape index (κ1) is 21.9. The lowest BCUT2D eigenvalue weighted by Gasteiger charge is -2.38. The van der Waals surface area contributed by atoms with Gasteiger partial charge in [0.1, 0.15) is 6.61 Å². The maximum absolute atomic E-state index is 12.1. The van der Waals surface area contributed by atoms with Crippen molar-refractivity contribution in [3.63, 3.8) is 0 Å². The second-order valence-electron chi connectivity index (χ2n) is 8.95. The van der Waals surface area contributed by atoms with E-state index < -0.39 is 8.32 Å². The molecule has 5 nitrogen and oxygen atoms in total. The molecule has 1 saturated heterocycles. The Balaban J connectivity index is 1.70. The molecule has 2 rings (SSSR count). The lowest BCUT2D eigenvalue weighted by Crippen LogP contribution is -2.49. The van der Waals surface area contributed by atoms with Crippen LogP contribution in [0.25, 0.3) is 0 Å². The molecule has 0 radical (unpaired) electrons. The van der Waals surface area contributed by atoms with Gasteiger partial charge in [0.25, 0.3) is 0 Å². The highest BCUT2D eigenvalue weighted by Gasteiger charge is 2.37. The summed E-state index contributed by atoms with van der Waals surface area (Å²) < 4.78 is 11.6. The van der Waals surface area contributed by atoms with E-state index in [0.717, 1.165) is 44.6 Å². The van der Waals surface area contributed by atoms with E-state index in [4.69, 9.17) is 9.16 Å². The van der Waals surface area contributed by atoms with Crippen molar-refractivity contribution in [3.05, 3.63) is 35.9 Å². The molecule has 1 aliphatic rings. The first-order valence-corrected chi connectivity index (χ1v) is 12.9. The average molecular weight is 393 g/mol. The number of nitrogens with zero attached hydrogens (tertiary/aromatic N) is 1. The van der Waals surface area contributed by atoms with Crippen LogP contribution in [0.4, 0.5) is 4.79 Å². The number of alkyl carbamates (subject to hydrolysis) is 1. The molecule has 0 bridgehead atoms. The number of carbonyl (C=O) groups excluding carboxylic acids is 1. The molecule has 1 heterocycles. The minimum absolute atomic E-state index is 0.148. The van der Waals surface area contributed by atoms with Gasteiger partial charge >= 0.3 is 6.09 Å². The maximum Gasteiger partial charge on any atom is 0.407 e. The van der Waals surface area contributed by atoms with Crippen LogP contribution in [0, 0.1) is 0 Å². The van der Waals surface area contributed by atoms with Crippen LogP contribution in [0.15, 0.2) is 30.3 Å². The van der Waals surface area contributed by atoms with Crippen molar-refractivity contribution in [2.24, 2.45) is 0 Å². The number of benzene rings is 1. The van der Waals surface area contributed by atoms with E-state index in [9.17, 15) is 4.79 Å². The van der Waals surface area contributed by atoms with Crippen LogP contribution in [0.2, 0.25) is 18.1 Å². The van der Waals surface area contributed by atoms with Gasteiger partial charge in [-0.05, 0) is 43.1 Å². The second kappa shape index (κ2) is 9.71. The molecule has 1 aliphatic heterocycles. The summed E-state index contributed by atoms with van der Waals surface area (Å²) in [6, 6.07) is 9.91. The van der Waals surface area contributed by atoms with Crippen LogP contribution in [0.1, 0.15) is 39.2 Å². The van der Waals surface area contributed by atoms with Gasteiger partial charge in [0.05, 0.1) is 0 Å². The van der Waals surface area contributed by atoms with E-state index in [1.54, 1.807) is 0 Å². The third-order valence-corrected chi connectivity index (χ3v) is 10.3. The predicted molar refractivity (Wildman–Crippen MR) is 112 cm³/mol. The number of nitrogens with one attached hydrogen (secondary N) is 1. The maximum atomic E-state index is 12.1. The zero-order valence-corrected chi connectivity index (χ0v) is 18.6. The minimum atomic E-state index is -1.69. The number of amides is 1. The summed E-state index contributed by atoms with van der Waals surface area (Å²) in [4.78, 5) is 14.5. The Morgan fingerprint density at radius 1 is 1.26 bits per heavy atom. The summed E-state index contributed by atoms with van der Waals surface area (Å²) in [6.07, 6.45) is 1.76. The quantitative estimate of drug-likeness (QED) is 0.699. The summed E-state index contributed by atoms with van der Waals surface area (Å²) in [5, 5.41) is 3.25. The van der Waals surface area contributed by atoms with Gasteiger partial charge in [0, 0.05) is 25.7 Å². The fraction of sp³-hybridized carbons (Fsp3) is 0.667. The molecular weight excluding hydrogens is 356 g/mol. The number of hydrogen-bond acceptors (Lipinski definition) is 4. The molecule has 1 aromatic rings. The molecule has 152 valence electrons. The molecule has 0 spiro atoms. The SMILES string of the molecule is CC(C)(C)[Si](C)(C)OCCN1CCC[C@@H](NC(=O)OCc2ccccc2)C1. The molecule has 1 N–H and O–H groups in total. The molecule has 0 aromatic heterocycles. The molecule has 1 fully saturated rings. The number of piperidine rings is 1. The summed E-state index contributed by atoms with van der Waals surface area (Å²) in [5.74, 6) is 0. The third kappa shape index (κ3) is 7.28. The zero-order valence-electron chi connectivity index (χ0n) is 17.6. The molecule has 1 amide bonds. The highest BCUT2D eigenvalue weighted by molar-refractivity contribution is 6.74. The molecular formula is C21H36N2O3Si. The Morgan fingerprint density at radius 3 is 2.63 bits per heavy atom. The molecule has 0 saturated carbocycles. The number of carbonyl (C=O) groups is 1. The Bertz CT molecular complexity index is 587.